The second kappa shape index (κ2) is 6.18. The third kappa shape index (κ3) is 3.41. The van der Waals surface area contributed by atoms with E-state index in [-0.39, 0.29) is 24.6 Å². The molecule has 1 aromatic heterocycles. The summed E-state index contributed by atoms with van der Waals surface area (Å²) in [6, 6.07) is 0.130. The molecule has 0 aliphatic carbocycles. The van der Waals surface area contributed by atoms with Crippen molar-refractivity contribution in [2.24, 2.45) is 0 Å². The highest BCUT2D eigenvalue weighted by molar-refractivity contribution is 5.10. The van der Waals surface area contributed by atoms with Gasteiger partial charge < -0.3 is 14.2 Å². The lowest BCUT2D eigenvalue weighted by molar-refractivity contribution is 0.307. The minimum Gasteiger partial charge on any atom is -0.459 e. The molecule has 6 heteroatoms. The van der Waals surface area contributed by atoms with E-state index in [0.29, 0.717) is 0 Å². The minimum absolute atomic E-state index is 0.0286. The topological polar surface area (TPSA) is 66.4 Å². The molecule has 1 heterocycles. The maximum atomic E-state index is 5.12. The SMILES string of the molecule is C=CCOc1nc(OC=C)nc(OC=C)n1. The molecule has 16 heavy (non-hydrogen) atoms. The Morgan fingerprint density at radius 3 is 1.81 bits per heavy atom. The zero-order valence-electron chi connectivity index (χ0n) is 8.63. The van der Waals surface area contributed by atoms with Crippen molar-refractivity contribution in [1.82, 2.24) is 15.0 Å². The largest absolute Gasteiger partial charge is 0.459 e. The Hall–Kier alpha value is -2.37. The highest BCUT2D eigenvalue weighted by Gasteiger charge is 2.07. The Balaban J connectivity index is 2.92. The number of hydrogen-bond acceptors (Lipinski definition) is 6. The second-order valence-corrected chi connectivity index (χ2v) is 2.35. The van der Waals surface area contributed by atoms with E-state index in [4.69, 9.17) is 14.2 Å². The summed E-state index contributed by atoms with van der Waals surface area (Å²) >= 11 is 0. The summed E-state index contributed by atoms with van der Waals surface area (Å²) in [4.78, 5) is 11.5. The first kappa shape index (κ1) is 11.7. The van der Waals surface area contributed by atoms with E-state index in [1.54, 1.807) is 6.08 Å². The average Bonchev–Trinajstić information content (AvgIpc) is 2.27. The Kier molecular flexibility index (Phi) is 4.52. The van der Waals surface area contributed by atoms with Crippen LogP contribution in [0.15, 0.2) is 38.3 Å². The van der Waals surface area contributed by atoms with Crippen LogP contribution in [0.4, 0.5) is 0 Å². The first-order valence-corrected chi connectivity index (χ1v) is 4.35. The van der Waals surface area contributed by atoms with Crippen molar-refractivity contribution in [3.05, 3.63) is 38.3 Å². The van der Waals surface area contributed by atoms with Crippen molar-refractivity contribution < 1.29 is 14.2 Å². The standard InChI is InChI=1S/C10H11N3O3/c1-4-7-16-10-12-8(14-5-2)11-9(13-10)15-6-3/h4-6H,1-3,7H2. The van der Waals surface area contributed by atoms with Crippen LogP contribution in [0, 0.1) is 0 Å². The number of ether oxygens (including phenoxy) is 3. The van der Waals surface area contributed by atoms with Gasteiger partial charge in [0.1, 0.15) is 6.61 Å². The molecule has 0 aliphatic heterocycles. The Morgan fingerprint density at radius 1 is 0.875 bits per heavy atom. The lowest BCUT2D eigenvalue weighted by atomic mass is 10.7. The Bertz CT molecular complexity index is 365. The molecule has 84 valence electrons. The molecule has 0 spiro atoms. The summed E-state index contributed by atoms with van der Waals surface area (Å²) in [5.41, 5.74) is 0. The molecule has 1 aromatic rings. The van der Waals surface area contributed by atoms with Crippen molar-refractivity contribution in [1.29, 1.82) is 0 Å². The van der Waals surface area contributed by atoms with Crippen LogP contribution in [-0.2, 0) is 0 Å². The van der Waals surface area contributed by atoms with E-state index in [2.05, 4.69) is 34.7 Å². The fourth-order valence-electron chi connectivity index (χ4n) is 0.773. The molecule has 0 aliphatic rings. The maximum Gasteiger partial charge on any atom is 0.330 e. The Morgan fingerprint density at radius 2 is 1.38 bits per heavy atom. The van der Waals surface area contributed by atoms with Crippen LogP contribution in [0.25, 0.3) is 0 Å². The summed E-state index contributed by atoms with van der Waals surface area (Å²) in [6.07, 6.45) is 3.93. The lowest BCUT2D eigenvalue weighted by Gasteiger charge is -2.04. The molecule has 0 unspecified atom stereocenters. The van der Waals surface area contributed by atoms with Gasteiger partial charge in [0.15, 0.2) is 0 Å². The van der Waals surface area contributed by atoms with E-state index < -0.39 is 0 Å². The molecule has 0 amide bonds. The molecule has 0 aromatic carbocycles. The van der Waals surface area contributed by atoms with Crippen LogP contribution in [-0.4, -0.2) is 21.6 Å². The zero-order chi connectivity index (χ0) is 11.8. The average molecular weight is 221 g/mol. The van der Waals surface area contributed by atoms with Crippen LogP contribution in [0.3, 0.4) is 0 Å². The molecule has 0 N–H and O–H groups in total. The van der Waals surface area contributed by atoms with Gasteiger partial charge in [-0.3, -0.25) is 0 Å². The number of hydrogen-bond donors (Lipinski definition) is 0. The normalized spacial score (nSPS) is 9.00. The lowest BCUT2D eigenvalue weighted by Crippen LogP contribution is -2.03. The third-order valence-corrected chi connectivity index (χ3v) is 1.28. The number of rotatable bonds is 7. The molecule has 6 nitrogen and oxygen atoms in total. The van der Waals surface area contributed by atoms with Crippen molar-refractivity contribution in [2.45, 2.75) is 0 Å². The van der Waals surface area contributed by atoms with Crippen molar-refractivity contribution >= 4 is 0 Å². The molecule has 0 radical (unpaired) electrons. The number of aromatic nitrogens is 3. The first-order chi connectivity index (χ1) is 7.80. The van der Waals surface area contributed by atoms with E-state index in [9.17, 15) is 0 Å². The van der Waals surface area contributed by atoms with E-state index in [1.165, 1.54) is 12.5 Å². The summed E-state index contributed by atoms with van der Waals surface area (Å²) in [5, 5.41) is 0. The molecule has 0 bridgehead atoms. The highest BCUT2D eigenvalue weighted by Crippen LogP contribution is 2.14. The van der Waals surface area contributed by atoms with Gasteiger partial charge >= 0.3 is 18.0 Å². The second-order valence-electron chi connectivity index (χ2n) is 2.35. The van der Waals surface area contributed by atoms with Gasteiger partial charge in [-0.15, -0.1) is 15.0 Å². The van der Waals surface area contributed by atoms with Gasteiger partial charge in [-0.2, -0.15) is 0 Å². The van der Waals surface area contributed by atoms with Crippen molar-refractivity contribution in [2.75, 3.05) is 6.61 Å². The maximum absolute atomic E-state index is 5.12. The molecule has 1 rings (SSSR count). The van der Waals surface area contributed by atoms with Crippen LogP contribution in [0.1, 0.15) is 0 Å². The van der Waals surface area contributed by atoms with Crippen LogP contribution < -0.4 is 14.2 Å². The van der Waals surface area contributed by atoms with Crippen molar-refractivity contribution in [3.63, 3.8) is 0 Å². The smallest absolute Gasteiger partial charge is 0.330 e. The fraction of sp³-hybridized carbons (Fsp3) is 0.100. The molecule has 0 saturated carbocycles. The fourth-order valence-corrected chi connectivity index (χ4v) is 0.773. The molecular formula is C10H11N3O3. The van der Waals surface area contributed by atoms with Gasteiger partial charge in [0, 0.05) is 0 Å². The first-order valence-electron chi connectivity index (χ1n) is 4.35. The summed E-state index contributed by atoms with van der Waals surface area (Å²) < 4.78 is 14.9. The van der Waals surface area contributed by atoms with Gasteiger partial charge in [-0.05, 0) is 0 Å². The summed E-state index contributed by atoms with van der Waals surface area (Å²) in [5.74, 6) is 0. The summed E-state index contributed by atoms with van der Waals surface area (Å²) in [6.45, 7) is 10.5. The monoisotopic (exact) mass is 221 g/mol. The molecule has 0 saturated heterocycles. The van der Waals surface area contributed by atoms with Gasteiger partial charge in [-0.1, -0.05) is 25.8 Å². The molecular weight excluding hydrogens is 210 g/mol. The van der Waals surface area contributed by atoms with E-state index in [1.807, 2.05) is 0 Å². The van der Waals surface area contributed by atoms with Crippen LogP contribution in [0.2, 0.25) is 0 Å². The summed E-state index contributed by atoms with van der Waals surface area (Å²) in [7, 11) is 0. The van der Waals surface area contributed by atoms with E-state index >= 15 is 0 Å². The third-order valence-electron chi connectivity index (χ3n) is 1.28. The number of nitrogens with zero attached hydrogens (tertiary/aromatic N) is 3. The van der Waals surface area contributed by atoms with E-state index in [0.717, 1.165) is 0 Å². The van der Waals surface area contributed by atoms with Gasteiger partial charge in [-0.25, -0.2) is 0 Å². The van der Waals surface area contributed by atoms with Crippen LogP contribution in [0.5, 0.6) is 18.0 Å². The predicted octanol–water partition coefficient (Wildman–Crippen LogP) is 1.48. The quantitative estimate of drug-likeness (QED) is 0.513. The zero-order valence-corrected chi connectivity index (χ0v) is 8.63. The Labute approximate surface area is 92.9 Å². The van der Waals surface area contributed by atoms with Gasteiger partial charge in [0.2, 0.25) is 0 Å². The molecule has 0 atom stereocenters. The van der Waals surface area contributed by atoms with Crippen LogP contribution >= 0.6 is 0 Å². The molecule has 0 fully saturated rings. The van der Waals surface area contributed by atoms with Gasteiger partial charge in [0.05, 0.1) is 12.5 Å². The highest BCUT2D eigenvalue weighted by atomic mass is 16.5. The van der Waals surface area contributed by atoms with Gasteiger partial charge in [0.25, 0.3) is 0 Å². The minimum atomic E-state index is 0.0286. The predicted molar refractivity (Wildman–Crippen MR) is 57.2 cm³/mol. The van der Waals surface area contributed by atoms with Crippen molar-refractivity contribution in [3.8, 4) is 18.0 Å².